The molecule has 4 heterocycles. The van der Waals surface area contributed by atoms with E-state index in [1.165, 1.54) is 0 Å². The maximum atomic E-state index is 12.9. The second-order valence-electron chi connectivity index (χ2n) is 7.89. The second kappa shape index (κ2) is 10.1. The fourth-order valence-electron chi connectivity index (χ4n) is 3.83. The molecule has 0 unspecified atom stereocenters. The third kappa shape index (κ3) is 5.29. The van der Waals surface area contributed by atoms with Crippen molar-refractivity contribution in [1.29, 1.82) is 0 Å². The molecule has 0 saturated carbocycles. The van der Waals surface area contributed by atoms with E-state index in [1.807, 2.05) is 70.2 Å². The number of nitrogens with zero attached hydrogens (tertiary/aromatic N) is 4. The van der Waals surface area contributed by atoms with Crippen LogP contribution in [-0.4, -0.2) is 56.1 Å². The molecule has 36 heavy (non-hydrogen) atoms. The standard InChI is InChI=1S/C23H20N4O2.C2HF3O2/c1-29-18-7-5-16(6-8-18)19-9-11-24-22-20(19)15-27(23(22)28)13-10-17-14-26-12-3-2-4-21(26)25-17;3-2(4,5)1(6)7/h2-9,11-12,14H,10,13,15H2,1H3;(H,6,7). The molecule has 1 amide bonds. The number of carboxylic acid groups (broad SMARTS) is 1. The van der Waals surface area contributed by atoms with E-state index in [9.17, 15) is 18.0 Å². The van der Waals surface area contributed by atoms with Crippen LogP contribution >= 0.6 is 0 Å². The number of imidazole rings is 1. The van der Waals surface area contributed by atoms with E-state index in [-0.39, 0.29) is 5.91 Å². The molecular formula is C25H21F3N4O4. The highest BCUT2D eigenvalue weighted by Crippen LogP contribution is 2.32. The summed E-state index contributed by atoms with van der Waals surface area (Å²) in [6.45, 7) is 1.18. The van der Waals surface area contributed by atoms with Crippen LogP contribution in [0.25, 0.3) is 16.8 Å². The number of amides is 1. The molecule has 0 atom stereocenters. The van der Waals surface area contributed by atoms with E-state index < -0.39 is 12.1 Å². The van der Waals surface area contributed by atoms with Gasteiger partial charge in [-0.3, -0.25) is 9.78 Å². The smallest absolute Gasteiger partial charge is 0.490 e. The van der Waals surface area contributed by atoms with Crippen LogP contribution in [-0.2, 0) is 17.8 Å². The summed E-state index contributed by atoms with van der Waals surface area (Å²) in [6.07, 6.45) is 1.33. The van der Waals surface area contributed by atoms with Crippen molar-refractivity contribution in [2.24, 2.45) is 0 Å². The van der Waals surface area contributed by atoms with Gasteiger partial charge < -0.3 is 19.1 Å². The Kier molecular flexibility index (Phi) is 6.91. The number of hydrogen-bond donors (Lipinski definition) is 1. The quantitative estimate of drug-likeness (QED) is 0.442. The van der Waals surface area contributed by atoms with E-state index in [0.717, 1.165) is 33.8 Å². The molecule has 186 valence electrons. The van der Waals surface area contributed by atoms with Gasteiger partial charge in [0.15, 0.2) is 0 Å². The lowest BCUT2D eigenvalue weighted by atomic mass is 10.0. The SMILES string of the molecule is COc1ccc(-c2ccnc3c2CN(CCc2cn4ccccc4n2)C3=O)cc1.O=C(O)C(F)(F)F. The number of ether oxygens (including phenoxy) is 1. The normalized spacial score (nSPS) is 12.8. The zero-order valence-electron chi connectivity index (χ0n) is 19.1. The first-order chi connectivity index (χ1) is 17.2. The molecule has 1 aromatic carbocycles. The van der Waals surface area contributed by atoms with E-state index in [2.05, 4.69) is 9.97 Å². The maximum absolute atomic E-state index is 12.9. The number of carbonyl (C=O) groups is 2. The molecule has 3 aromatic heterocycles. The summed E-state index contributed by atoms with van der Waals surface area (Å²) in [4.78, 5) is 32.6. The number of fused-ring (bicyclic) bond motifs is 2. The van der Waals surface area contributed by atoms with Crippen LogP contribution < -0.4 is 4.74 Å². The first-order valence-corrected chi connectivity index (χ1v) is 10.8. The van der Waals surface area contributed by atoms with Gasteiger partial charge in [-0.15, -0.1) is 0 Å². The molecule has 1 aliphatic heterocycles. The van der Waals surface area contributed by atoms with Gasteiger partial charge in [-0.25, -0.2) is 9.78 Å². The van der Waals surface area contributed by atoms with Crippen LogP contribution in [0, 0.1) is 0 Å². The van der Waals surface area contributed by atoms with Gasteiger partial charge in [0.1, 0.15) is 17.1 Å². The number of carboxylic acids is 1. The number of hydrogen-bond acceptors (Lipinski definition) is 5. The van der Waals surface area contributed by atoms with E-state index in [0.29, 0.717) is 25.2 Å². The van der Waals surface area contributed by atoms with Crippen LogP contribution in [0.5, 0.6) is 5.75 Å². The number of halogens is 3. The van der Waals surface area contributed by atoms with Crippen molar-refractivity contribution >= 4 is 17.5 Å². The predicted octanol–water partition coefficient (Wildman–Crippen LogP) is 4.24. The van der Waals surface area contributed by atoms with Crippen LogP contribution in [0.4, 0.5) is 13.2 Å². The van der Waals surface area contributed by atoms with Gasteiger partial charge in [-0.2, -0.15) is 13.2 Å². The Balaban J connectivity index is 0.000000384. The number of carbonyl (C=O) groups excluding carboxylic acids is 1. The summed E-state index contributed by atoms with van der Waals surface area (Å²) in [7, 11) is 1.65. The van der Waals surface area contributed by atoms with Crippen molar-refractivity contribution in [3.63, 3.8) is 0 Å². The lowest BCUT2D eigenvalue weighted by Crippen LogP contribution is -2.26. The Morgan fingerprint density at radius 3 is 2.50 bits per heavy atom. The molecule has 0 radical (unpaired) electrons. The van der Waals surface area contributed by atoms with Gasteiger partial charge in [0.05, 0.1) is 12.8 Å². The second-order valence-corrected chi connectivity index (χ2v) is 7.89. The van der Waals surface area contributed by atoms with Gasteiger partial charge in [0.25, 0.3) is 5.91 Å². The largest absolute Gasteiger partial charge is 0.497 e. The van der Waals surface area contributed by atoms with Gasteiger partial charge in [0.2, 0.25) is 0 Å². The number of rotatable bonds is 5. The fraction of sp³-hybridized carbons (Fsp3) is 0.200. The van der Waals surface area contributed by atoms with Gasteiger partial charge >= 0.3 is 12.1 Å². The lowest BCUT2D eigenvalue weighted by Gasteiger charge is -2.14. The summed E-state index contributed by atoms with van der Waals surface area (Å²) in [5, 5.41) is 7.12. The fourth-order valence-corrected chi connectivity index (χ4v) is 3.83. The molecule has 4 aromatic rings. The minimum Gasteiger partial charge on any atom is -0.497 e. The van der Waals surface area contributed by atoms with E-state index in [1.54, 1.807) is 13.3 Å². The number of methoxy groups -OCH3 is 1. The first kappa shape index (κ1) is 24.7. The Labute approximate surface area is 203 Å². The molecule has 0 aliphatic carbocycles. The topological polar surface area (TPSA) is 97.0 Å². The molecule has 11 heteroatoms. The third-order valence-electron chi connectivity index (χ3n) is 5.59. The molecule has 0 spiro atoms. The van der Waals surface area contributed by atoms with Gasteiger partial charge in [-0.1, -0.05) is 18.2 Å². The zero-order chi connectivity index (χ0) is 25.9. The first-order valence-electron chi connectivity index (χ1n) is 10.8. The van der Waals surface area contributed by atoms with Crippen molar-refractivity contribution in [3.8, 4) is 16.9 Å². The monoisotopic (exact) mass is 498 g/mol. The highest BCUT2D eigenvalue weighted by atomic mass is 19.4. The summed E-state index contributed by atoms with van der Waals surface area (Å²) >= 11 is 0. The lowest BCUT2D eigenvalue weighted by molar-refractivity contribution is -0.192. The van der Waals surface area contributed by atoms with Crippen molar-refractivity contribution in [3.05, 3.63) is 84.1 Å². The molecule has 0 saturated heterocycles. The molecule has 1 aliphatic rings. The van der Waals surface area contributed by atoms with Crippen molar-refractivity contribution in [2.45, 2.75) is 19.1 Å². The van der Waals surface area contributed by atoms with Crippen LogP contribution in [0.2, 0.25) is 0 Å². The number of pyridine rings is 2. The molecular weight excluding hydrogens is 477 g/mol. The van der Waals surface area contributed by atoms with E-state index in [4.69, 9.17) is 14.6 Å². The average Bonchev–Trinajstić information content (AvgIpc) is 3.43. The van der Waals surface area contributed by atoms with Crippen molar-refractivity contribution in [1.82, 2.24) is 19.3 Å². The number of alkyl halides is 3. The zero-order valence-corrected chi connectivity index (χ0v) is 19.1. The van der Waals surface area contributed by atoms with Gasteiger partial charge in [0, 0.05) is 43.7 Å². The van der Waals surface area contributed by atoms with Crippen LogP contribution in [0.1, 0.15) is 21.7 Å². The van der Waals surface area contributed by atoms with Gasteiger partial charge in [-0.05, 0) is 41.5 Å². The highest BCUT2D eigenvalue weighted by molar-refractivity contribution is 5.98. The summed E-state index contributed by atoms with van der Waals surface area (Å²) < 4.78 is 39.0. The Hall–Kier alpha value is -4.41. The summed E-state index contributed by atoms with van der Waals surface area (Å²) in [5.41, 5.74) is 5.52. The Bertz CT molecular complexity index is 1370. The molecule has 0 fully saturated rings. The number of aliphatic carboxylic acids is 1. The molecule has 8 nitrogen and oxygen atoms in total. The maximum Gasteiger partial charge on any atom is 0.490 e. The van der Waals surface area contributed by atoms with Crippen molar-refractivity contribution < 1.29 is 32.6 Å². The molecule has 5 rings (SSSR count). The summed E-state index contributed by atoms with van der Waals surface area (Å²) in [6, 6.07) is 15.8. The van der Waals surface area contributed by atoms with Crippen LogP contribution in [0.15, 0.2) is 67.1 Å². The average molecular weight is 498 g/mol. The minimum atomic E-state index is -5.08. The number of aromatic nitrogens is 3. The van der Waals surface area contributed by atoms with Crippen molar-refractivity contribution in [2.75, 3.05) is 13.7 Å². The Morgan fingerprint density at radius 1 is 1.14 bits per heavy atom. The predicted molar refractivity (Wildman–Crippen MR) is 124 cm³/mol. The minimum absolute atomic E-state index is 0.0147. The number of benzene rings is 1. The van der Waals surface area contributed by atoms with Crippen LogP contribution in [0.3, 0.4) is 0 Å². The summed E-state index contributed by atoms with van der Waals surface area (Å²) in [5.74, 6) is -1.96. The highest BCUT2D eigenvalue weighted by Gasteiger charge is 2.38. The van der Waals surface area contributed by atoms with E-state index >= 15 is 0 Å². The molecule has 1 N–H and O–H groups in total. The third-order valence-corrected chi connectivity index (χ3v) is 5.59. The molecule has 0 bridgehead atoms. The Morgan fingerprint density at radius 2 is 1.86 bits per heavy atom.